The molecule has 36 heavy (non-hydrogen) atoms. The van der Waals surface area contributed by atoms with Gasteiger partial charge in [-0.15, -0.1) is 0 Å². The van der Waals surface area contributed by atoms with Gasteiger partial charge in [-0.3, -0.25) is 9.59 Å². The Hall–Kier alpha value is -3.71. The third kappa shape index (κ3) is 5.26. The first-order valence-electron chi connectivity index (χ1n) is 12.0. The maximum atomic E-state index is 14.1. The zero-order valence-electron chi connectivity index (χ0n) is 20.5. The van der Waals surface area contributed by atoms with Crippen molar-refractivity contribution in [2.75, 3.05) is 31.7 Å². The Morgan fingerprint density at radius 3 is 2.19 bits per heavy atom. The summed E-state index contributed by atoms with van der Waals surface area (Å²) in [6.45, 7) is 6.62. The highest BCUT2D eigenvalue weighted by molar-refractivity contribution is 6.31. The minimum atomic E-state index is -0.525. The fraction of sp³-hybridized carbons (Fsp3) is 0.286. The molecule has 1 N–H and O–H groups in total. The van der Waals surface area contributed by atoms with E-state index < -0.39 is 6.04 Å². The number of nitrogens with zero attached hydrogens (tertiary/aromatic N) is 1. The van der Waals surface area contributed by atoms with Crippen molar-refractivity contribution in [3.05, 3.63) is 82.4 Å². The molecule has 1 atom stereocenters. The van der Waals surface area contributed by atoms with Gasteiger partial charge in [0.2, 0.25) is 11.7 Å². The van der Waals surface area contributed by atoms with E-state index in [2.05, 4.69) is 5.32 Å². The van der Waals surface area contributed by atoms with Gasteiger partial charge in [-0.1, -0.05) is 48.0 Å². The molecule has 0 spiro atoms. The monoisotopic (exact) mass is 508 g/mol. The number of hydrogen-bond acceptors (Lipinski definition) is 5. The Morgan fingerprint density at radius 1 is 0.944 bits per heavy atom. The molecule has 2 amide bonds. The van der Waals surface area contributed by atoms with Crippen LogP contribution < -0.4 is 19.5 Å². The molecule has 0 unspecified atom stereocenters. The van der Waals surface area contributed by atoms with Gasteiger partial charge in [0.05, 0.1) is 25.9 Å². The fourth-order valence-corrected chi connectivity index (χ4v) is 4.51. The van der Waals surface area contributed by atoms with Crippen LogP contribution in [0.4, 0.5) is 5.69 Å². The summed E-state index contributed by atoms with van der Waals surface area (Å²) in [6.07, 6.45) is 0. The molecule has 0 radical (unpaired) electrons. The van der Waals surface area contributed by atoms with Crippen LogP contribution in [0, 0.1) is 0 Å². The largest absolute Gasteiger partial charge is 0.490 e. The van der Waals surface area contributed by atoms with Crippen molar-refractivity contribution in [1.29, 1.82) is 0 Å². The highest BCUT2D eigenvalue weighted by Crippen LogP contribution is 2.42. The van der Waals surface area contributed by atoms with Crippen molar-refractivity contribution < 1.29 is 23.8 Å². The molecule has 7 nitrogen and oxygen atoms in total. The average molecular weight is 509 g/mol. The van der Waals surface area contributed by atoms with Gasteiger partial charge >= 0.3 is 0 Å². The quantitative estimate of drug-likeness (QED) is 0.421. The van der Waals surface area contributed by atoms with Crippen LogP contribution in [0.2, 0.25) is 5.02 Å². The number of nitrogens with one attached hydrogen (secondary N) is 1. The van der Waals surface area contributed by atoms with Crippen LogP contribution in [0.5, 0.6) is 17.2 Å². The summed E-state index contributed by atoms with van der Waals surface area (Å²) < 4.78 is 17.4. The SMILES string of the molecule is CCOc1cc(C(=O)N2CC(=O)Nc3cc(Cl)ccc3[C@@H]2c2ccccc2)cc(OCC)c1OCC. The van der Waals surface area contributed by atoms with Crippen LogP contribution in [-0.2, 0) is 4.79 Å². The predicted molar refractivity (Wildman–Crippen MR) is 139 cm³/mol. The van der Waals surface area contributed by atoms with Gasteiger partial charge in [0, 0.05) is 21.8 Å². The van der Waals surface area contributed by atoms with Gasteiger partial charge in [0.1, 0.15) is 6.54 Å². The number of amides is 2. The van der Waals surface area contributed by atoms with E-state index in [9.17, 15) is 9.59 Å². The molecular formula is C28H29ClN2O5. The van der Waals surface area contributed by atoms with Gasteiger partial charge in [-0.2, -0.15) is 0 Å². The van der Waals surface area contributed by atoms with Gasteiger partial charge in [-0.25, -0.2) is 0 Å². The second-order valence-electron chi connectivity index (χ2n) is 8.13. The van der Waals surface area contributed by atoms with E-state index in [1.165, 1.54) is 0 Å². The number of carbonyl (C=O) groups is 2. The van der Waals surface area contributed by atoms with Crippen molar-refractivity contribution in [3.8, 4) is 17.2 Å². The van der Waals surface area contributed by atoms with Gasteiger partial charge in [0.25, 0.3) is 5.91 Å². The van der Waals surface area contributed by atoms with E-state index >= 15 is 0 Å². The Bertz CT molecular complexity index is 1220. The Kier molecular flexibility index (Phi) is 8.00. The Balaban J connectivity index is 1.86. The molecule has 0 aliphatic carbocycles. The molecule has 8 heteroatoms. The molecular weight excluding hydrogens is 480 g/mol. The normalized spacial score (nSPS) is 14.9. The third-order valence-corrected chi connectivity index (χ3v) is 5.98. The summed E-state index contributed by atoms with van der Waals surface area (Å²) in [6, 6.07) is 17.7. The first-order valence-corrected chi connectivity index (χ1v) is 12.4. The molecule has 0 fully saturated rings. The smallest absolute Gasteiger partial charge is 0.255 e. The van der Waals surface area contributed by atoms with Crippen molar-refractivity contribution in [1.82, 2.24) is 4.90 Å². The molecule has 3 aromatic rings. The molecule has 1 aliphatic heterocycles. The maximum Gasteiger partial charge on any atom is 0.255 e. The van der Waals surface area contributed by atoms with Crippen molar-refractivity contribution in [2.45, 2.75) is 26.8 Å². The summed E-state index contributed by atoms with van der Waals surface area (Å²) in [5.74, 6) is 0.622. The topological polar surface area (TPSA) is 77.1 Å². The average Bonchev–Trinajstić information content (AvgIpc) is 3.01. The van der Waals surface area contributed by atoms with Gasteiger partial charge in [-0.05, 0) is 50.6 Å². The van der Waals surface area contributed by atoms with E-state index in [-0.39, 0.29) is 18.4 Å². The zero-order chi connectivity index (χ0) is 25.7. The second kappa shape index (κ2) is 11.4. The predicted octanol–water partition coefficient (Wildman–Crippen LogP) is 5.72. The summed E-state index contributed by atoms with van der Waals surface area (Å²) >= 11 is 6.23. The summed E-state index contributed by atoms with van der Waals surface area (Å²) in [5, 5.41) is 3.40. The second-order valence-corrected chi connectivity index (χ2v) is 8.56. The number of rotatable bonds is 8. The third-order valence-electron chi connectivity index (χ3n) is 5.74. The lowest BCUT2D eigenvalue weighted by Crippen LogP contribution is -2.39. The molecule has 0 saturated heterocycles. The molecule has 0 bridgehead atoms. The first-order chi connectivity index (χ1) is 17.5. The van der Waals surface area contributed by atoms with Crippen LogP contribution in [-0.4, -0.2) is 43.1 Å². The van der Waals surface area contributed by atoms with Crippen LogP contribution in [0.15, 0.2) is 60.7 Å². The fourth-order valence-electron chi connectivity index (χ4n) is 4.34. The highest BCUT2D eigenvalue weighted by Gasteiger charge is 2.35. The number of ether oxygens (including phenoxy) is 3. The Morgan fingerprint density at radius 2 is 1.58 bits per heavy atom. The van der Waals surface area contributed by atoms with E-state index in [1.807, 2.05) is 57.2 Å². The summed E-state index contributed by atoms with van der Waals surface area (Å²) in [7, 11) is 0. The molecule has 0 saturated carbocycles. The molecule has 1 heterocycles. The minimum absolute atomic E-state index is 0.147. The highest BCUT2D eigenvalue weighted by atomic mass is 35.5. The maximum absolute atomic E-state index is 14.1. The number of benzene rings is 3. The molecule has 4 rings (SSSR count). The summed E-state index contributed by atoms with van der Waals surface area (Å²) in [4.78, 5) is 28.6. The lowest BCUT2D eigenvalue weighted by Gasteiger charge is -2.31. The van der Waals surface area contributed by atoms with Gasteiger partial charge < -0.3 is 24.4 Å². The molecule has 3 aromatic carbocycles. The van der Waals surface area contributed by atoms with E-state index in [0.29, 0.717) is 53.3 Å². The van der Waals surface area contributed by atoms with Crippen molar-refractivity contribution in [3.63, 3.8) is 0 Å². The minimum Gasteiger partial charge on any atom is -0.490 e. The Labute approximate surface area is 215 Å². The van der Waals surface area contributed by atoms with E-state index in [0.717, 1.165) is 11.1 Å². The van der Waals surface area contributed by atoms with Crippen molar-refractivity contribution >= 4 is 29.1 Å². The lowest BCUT2D eigenvalue weighted by molar-refractivity contribution is -0.117. The molecule has 1 aliphatic rings. The number of hydrogen-bond donors (Lipinski definition) is 1. The standard InChI is InChI=1S/C28H29ClN2O5/c1-4-34-23-14-19(15-24(35-5-2)27(23)36-6-3)28(33)31-17-25(32)30-22-16-20(29)12-13-21(22)26(31)18-10-8-7-9-11-18/h7-16,26H,4-6,17H2,1-3H3,(H,30,32)/t26-/m0/s1. The van der Waals surface area contributed by atoms with Crippen LogP contribution in [0.25, 0.3) is 0 Å². The van der Waals surface area contributed by atoms with E-state index in [4.69, 9.17) is 25.8 Å². The number of fused-ring (bicyclic) bond motifs is 1. The first kappa shape index (κ1) is 25.4. The summed E-state index contributed by atoms with van der Waals surface area (Å²) in [5.41, 5.74) is 2.54. The van der Waals surface area contributed by atoms with Crippen LogP contribution in [0.1, 0.15) is 48.3 Å². The van der Waals surface area contributed by atoms with E-state index in [1.54, 1.807) is 29.2 Å². The lowest BCUT2D eigenvalue weighted by atomic mass is 9.95. The number of anilines is 1. The number of carbonyl (C=O) groups excluding carboxylic acids is 2. The van der Waals surface area contributed by atoms with Crippen LogP contribution in [0.3, 0.4) is 0 Å². The molecule has 188 valence electrons. The molecule has 0 aromatic heterocycles. The van der Waals surface area contributed by atoms with Gasteiger partial charge in [0.15, 0.2) is 11.5 Å². The number of halogens is 1. The van der Waals surface area contributed by atoms with Crippen molar-refractivity contribution in [2.24, 2.45) is 0 Å². The van der Waals surface area contributed by atoms with Crippen LogP contribution >= 0.6 is 11.6 Å². The zero-order valence-corrected chi connectivity index (χ0v) is 21.3.